The molecule has 0 aliphatic rings. The molecule has 0 aromatic rings. The molecule has 11 nitrogen and oxygen atoms in total. The van der Waals surface area contributed by atoms with Crippen LogP contribution in [0.4, 0.5) is 0 Å². The van der Waals surface area contributed by atoms with Crippen molar-refractivity contribution >= 4 is 0 Å². The molecule has 0 heterocycles. The topological polar surface area (TPSA) is 102 Å². The van der Waals surface area contributed by atoms with Gasteiger partial charge in [-0.25, -0.2) is 0 Å². The molecule has 0 amide bonds. The summed E-state index contributed by atoms with van der Waals surface area (Å²) in [5.41, 5.74) is 0. The molecule has 11 heteroatoms. The molecule has 0 saturated carbocycles. The summed E-state index contributed by atoms with van der Waals surface area (Å²) >= 11 is 0. The zero-order chi connectivity index (χ0) is 25.3. The van der Waals surface area contributed by atoms with Gasteiger partial charge in [-0.05, 0) is 13.8 Å². The first kappa shape index (κ1) is 34.6. The van der Waals surface area contributed by atoms with Gasteiger partial charge in [0, 0.05) is 13.2 Å². The van der Waals surface area contributed by atoms with Crippen molar-refractivity contribution in [3.8, 4) is 0 Å². The molecular formula is C24H50O11. The minimum atomic E-state index is 0.527. The Kier molecular flexibility index (Phi) is 33.1. The molecule has 0 fully saturated rings. The van der Waals surface area contributed by atoms with Crippen molar-refractivity contribution in [3.05, 3.63) is 0 Å². The molecule has 0 spiro atoms. The molecule has 0 saturated heterocycles. The van der Waals surface area contributed by atoms with E-state index in [4.69, 9.17) is 52.1 Å². The van der Waals surface area contributed by atoms with Gasteiger partial charge >= 0.3 is 0 Å². The monoisotopic (exact) mass is 514 g/mol. The third kappa shape index (κ3) is 33.6. The van der Waals surface area contributed by atoms with Crippen LogP contribution in [0.15, 0.2) is 0 Å². The average molecular weight is 515 g/mol. The highest BCUT2D eigenvalue weighted by Gasteiger charge is 1.95. The summed E-state index contributed by atoms with van der Waals surface area (Å²) in [5, 5.41) is 0. The highest BCUT2D eigenvalue weighted by Crippen LogP contribution is 1.86. The number of ether oxygens (including phenoxy) is 11. The maximum absolute atomic E-state index is 5.45. The van der Waals surface area contributed by atoms with Gasteiger partial charge in [-0.15, -0.1) is 0 Å². The second-order valence-electron chi connectivity index (χ2n) is 6.91. The molecule has 0 atom stereocenters. The van der Waals surface area contributed by atoms with Crippen molar-refractivity contribution in [1.82, 2.24) is 0 Å². The molecule has 35 heavy (non-hydrogen) atoms. The standard InChI is InChI=1S/C24H50O11/c1-3-25-5-7-27-9-11-29-13-15-31-17-19-33-21-23-35-24-22-34-20-18-32-16-14-30-12-10-28-8-6-26-4-2/h3-24H2,1-2H3. The van der Waals surface area contributed by atoms with Gasteiger partial charge in [0.25, 0.3) is 0 Å². The van der Waals surface area contributed by atoms with E-state index in [1.165, 1.54) is 0 Å². The lowest BCUT2D eigenvalue weighted by Crippen LogP contribution is -2.15. The first-order valence-electron chi connectivity index (χ1n) is 12.8. The summed E-state index contributed by atoms with van der Waals surface area (Å²) in [5.74, 6) is 0. The van der Waals surface area contributed by atoms with Crippen molar-refractivity contribution in [2.45, 2.75) is 13.8 Å². The van der Waals surface area contributed by atoms with Crippen LogP contribution in [0, 0.1) is 0 Å². The van der Waals surface area contributed by atoms with Crippen molar-refractivity contribution in [2.24, 2.45) is 0 Å². The van der Waals surface area contributed by atoms with E-state index < -0.39 is 0 Å². The van der Waals surface area contributed by atoms with Crippen LogP contribution in [0.1, 0.15) is 13.8 Å². The van der Waals surface area contributed by atoms with Crippen molar-refractivity contribution in [1.29, 1.82) is 0 Å². The molecule has 0 radical (unpaired) electrons. The van der Waals surface area contributed by atoms with E-state index in [2.05, 4.69) is 0 Å². The largest absolute Gasteiger partial charge is 0.379 e. The molecule has 0 unspecified atom stereocenters. The average Bonchev–Trinajstić information content (AvgIpc) is 2.87. The van der Waals surface area contributed by atoms with E-state index >= 15 is 0 Å². The third-order valence-corrected chi connectivity index (χ3v) is 4.13. The fourth-order valence-electron chi connectivity index (χ4n) is 2.39. The quantitative estimate of drug-likeness (QED) is 0.121. The van der Waals surface area contributed by atoms with Crippen LogP contribution in [0.3, 0.4) is 0 Å². The maximum atomic E-state index is 5.45. The summed E-state index contributed by atoms with van der Waals surface area (Å²) in [6.07, 6.45) is 0. The Morgan fingerprint density at radius 2 is 0.314 bits per heavy atom. The predicted molar refractivity (Wildman–Crippen MR) is 130 cm³/mol. The Morgan fingerprint density at radius 3 is 0.429 bits per heavy atom. The molecule has 0 N–H and O–H groups in total. The summed E-state index contributed by atoms with van der Waals surface area (Å²) in [4.78, 5) is 0. The van der Waals surface area contributed by atoms with Gasteiger partial charge in [0.15, 0.2) is 0 Å². The number of hydrogen-bond donors (Lipinski definition) is 0. The van der Waals surface area contributed by atoms with Gasteiger partial charge in [0.2, 0.25) is 0 Å². The summed E-state index contributed by atoms with van der Waals surface area (Å²) in [6.45, 7) is 16.4. The van der Waals surface area contributed by atoms with Gasteiger partial charge in [0.1, 0.15) is 0 Å². The van der Waals surface area contributed by atoms with Crippen LogP contribution < -0.4 is 0 Å². The second-order valence-corrected chi connectivity index (χ2v) is 6.91. The zero-order valence-corrected chi connectivity index (χ0v) is 22.0. The Balaban J connectivity index is 3.00. The SMILES string of the molecule is CCOCCOCCOCCOCCOCCOCCOCCOCCOCCOCCOCC. The second kappa shape index (κ2) is 33.6. The van der Waals surface area contributed by atoms with Crippen molar-refractivity contribution in [2.75, 3.05) is 145 Å². The highest BCUT2D eigenvalue weighted by molar-refractivity contribution is 4.38. The Morgan fingerprint density at radius 1 is 0.200 bits per heavy atom. The summed E-state index contributed by atoms with van der Waals surface area (Å²) in [7, 11) is 0. The van der Waals surface area contributed by atoms with Crippen LogP contribution >= 0.6 is 0 Å². The minimum absolute atomic E-state index is 0.527. The smallest absolute Gasteiger partial charge is 0.0701 e. The first-order valence-corrected chi connectivity index (χ1v) is 12.8. The third-order valence-electron chi connectivity index (χ3n) is 4.13. The van der Waals surface area contributed by atoms with E-state index in [9.17, 15) is 0 Å². The number of hydrogen-bond acceptors (Lipinski definition) is 11. The van der Waals surface area contributed by atoms with E-state index in [0.717, 1.165) is 0 Å². The van der Waals surface area contributed by atoms with Crippen LogP contribution in [-0.4, -0.2) is 145 Å². The first-order chi connectivity index (χ1) is 17.4. The maximum Gasteiger partial charge on any atom is 0.0701 e. The lowest BCUT2D eigenvalue weighted by atomic mass is 10.6. The van der Waals surface area contributed by atoms with Gasteiger partial charge in [-0.3, -0.25) is 0 Å². The van der Waals surface area contributed by atoms with E-state index in [0.29, 0.717) is 145 Å². The fraction of sp³-hybridized carbons (Fsp3) is 1.00. The fourth-order valence-corrected chi connectivity index (χ4v) is 2.39. The Hall–Kier alpha value is -0.440. The van der Waals surface area contributed by atoms with Crippen molar-refractivity contribution < 1.29 is 52.1 Å². The van der Waals surface area contributed by atoms with Crippen molar-refractivity contribution in [3.63, 3.8) is 0 Å². The molecular weight excluding hydrogens is 464 g/mol. The molecule has 212 valence electrons. The Bertz CT molecular complexity index is 332. The summed E-state index contributed by atoms with van der Waals surface area (Å²) in [6, 6.07) is 0. The van der Waals surface area contributed by atoms with E-state index in [1.54, 1.807) is 0 Å². The number of rotatable bonds is 32. The minimum Gasteiger partial charge on any atom is -0.379 e. The molecule has 0 aromatic heterocycles. The lowest BCUT2D eigenvalue weighted by molar-refractivity contribution is -0.0272. The van der Waals surface area contributed by atoms with Gasteiger partial charge in [0.05, 0.1) is 132 Å². The predicted octanol–water partition coefficient (Wildman–Crippen LogP) is 1.21. The molecule has 0 rings (SSSR count). The highest BCUT2D eigenvalue weighted by atomic mass is 16.6. The molecule has 0 aromatic carbocycles. The van der Waals surface area contributed by atoms with Gasteiger partial charge in [-0.2, -0.15) is 0 Å². The van der Waals surface area contributed by atoms with Gasteiger partial charge in [-0.1, -0.05) is 0 Å². The lowest BCUT2D eigenvalue weighted by Gasteiger charge is -2.09. The molecule has 0 aliphatic carbocycles. The molecule has 0 aliphatic heterocycles. The van der Waals surface area contributed by atoms with Crippen LogP contribution in [-0.2, 0) is 52.1 Å². The van der Waals surface area contributed by atoms with Crippen LogP contribution in [0.2, 0.25) is 0 Å². The van der Waals surface area contributed by atoms with E-state index in [-0.39, 0.29) is 0 Å². The molecule has 0 bridgehead atoms. The van der Waals surface area contributed by atoms with Crippen LogP contribution in [0.25, 0.3) is 0 Å². The zero-order valence-electron chi connectivity index (χ0n) is 22.0. The van der Waals surface area contributed by atoms with E-state index in [1.807, 2.05) is 13.8 Å². The Labute approximate surface area is 211 Å². The van der Waals surface area contributed by atoms with Crippen LogP contribution in [0.5, 0.6) is 0 Å². The summed E-state index contributed by atoms with van der Waals surface area (Å²) < 4.78 is 59.1. The normalized spacial score (nSPS) is 11.5. The van der Waals surface area contributed by atoms with Gasteiger partial charge < -0.3 is 52.1 Å².